The Kier molecular flexibility index (Phi) is 6.18. The predicted octanol–water partition coefficient (Wildman–Crippen LogP) is 6.14. The van der Waals surface area contributed by atoms with E-state index >= 15 is 0 Å². The van der Waals surface area contributed by atoms with Gasteiger partial charge in [0.2, 0.25) is 0 Å². The second kappa shape index (κ2) is 8.92. The van der Waals surface area contributed by atoms with E-state index in [9.17, 15) is 28.4 Å². The summed E-state index contributed by atoms with van der Waals surface area (Å²) in [6.45, 7) is 0.193. The molecule has 1 N–H and O–H groups in total. The molecule has 0 aliphatic carbocycles. The van der Waals surface area contributed by atoms with E-state index in [1.54, 1.807) is 42.5 Å². The smallest absolute Gasteiger partial charge is 0.376 e. The number of aliphatic hydroxyl groups is 1. The number of non-ortho nitro benzene ring substituents is 1. The van der Waals surface area contributed by atoms with E-state index in [0.29, 0.717) is 4.90 Å². The van der Waals surface area contributed by atoms with Crippen LogP contribution in [0.2, 0.25) is 0 Å². The number of thioether (sulfide) groups is 1. The fraction of sp³-hybridized carbons (Fsp3) is 0.167. The lowest BCUT2D eigenvalue weighted by atomic mass is 9.94. The number of alkyl halides is 3. The Morgan fingerprint density at radius 1 is 0.970 bits per heavy atom. The van der Waals surface area contributed by atoms with Crippen LogP contribution in [-0.4, -0.2) is 26.5 Å². The van der Waals surface area contributed by atoms with Gasteiger partial charge >= 0.3 is 6.18 Å². The Hall–Kier alpha value is -3.30. The van der Waals surface area contributed by atoms with E-state index in [1.165, 1.54) is 22.9 Å². The summed E-state index contributed by atoms with van der Waals surface area (Å²) in [5, 5.41) is 22.5. The molecule has 1 unspecified atom stereocenters. The minimum Gasteiger partial charge on any atom is -0.376 e. The van der Waals surface area contributed by atoms with Crippen LogP contribution in [0, 0.1) is 10.1 Å². The van der Waals surface area contributed by atoms with E-state index in [4.69, 9.17) is 0 Å². The highest BCUT2D eigenvalue weighted by molar-refractivity contribution is 7.99. The maximum absolute atomic E-state index is 14.3. The molecule has 0 spiro atoms. The Balaban J connectivity index is 1.85. The van der Waals surface area contributed by atoms with Gasteiger partial charge in [-0.05, 0) is 23.8 Å². The number of benzene rings is 3. The van der Waals surface area contributed by atoms with Gasteiger partial charge in [0.05, 0.1) is 10.4 Å². The lowest BCUT2D eigenvalue weighted by Gasteiger charge is -2.30. The number of rotatable bonds is 7. The summed E-state index contributed by atoms with van der Waals surface area (Å²) in [5.74, 6) is -0.665. The summed E-state index contributed by atoms with van der Waals surface area (Å²) in [7, 11) is 0. The van der Waals surface area contributed by atoms with E-state index in [-0.39, 0.29) is 28.7 Å². The van der Waals surface area contributed by atoms with Crippen LogP contribution in [0.4, 0.5) is 18.9 Å². The molecular formula is C24H19F3N2O3S. The molecule has 9 heteroatoms. The van der Waals surface area contributed by atoms with Crippen LogP contribution >= 0.6 is 11.8 Å². The number of fused-ring (bicyclic) bond motifs is 1. The van der Waals surface area contributed by atoms with Crippen molar-refractivity contribution in [3.05, 3.63) is 106 Å². The van der Waals surface area contributed by atoms with Crippen molar-refractivity contribution in [1.82, 2.24) is 4.57 Å². The first-order valence-electron chi connectivity index (χ1n) is 9.98. The zero-order valence-corrected chi connectivity index (χ0v) is 18.0. The van der Waals surface area contributed by atoms with Crippen molar-refractivity contribution in [1.29, 1.82) is 0 Å². The maximum atomic E-state index is 14.3. The molecular weight excluding hydrogens is 453 g/mol. The summed E-state index contributed by atoms with van der Waals surface area (Å²) in [6.07, 6.45) is -3.72. The fourth-order valence-corrected chi connectivity index (χ4v) is 4.70. The highest BCUT2D eigenvalue weighted by atomic mass is 32.2. The van der Waals surface area contributed by atoms with Gasteiger partial charge in [-0.25, -0.2) is 0 Å². The highest BCUT2D eigenvalue weighted by Gasteiger charge is 2.56. The number of halogens is 3. The standard InChI is InChI=1S/C24H19F3N2O3S/c25-24(26,27)23(30,16-33-19-9-5-2-6-10-19)21-15-28(14-17-7-3-1-4-8-17)22-13-18(29(31)32)11-12-20(21)22/h1-13,15,30H,14,16H2. The van der Waals surface area contributed by atoms with Gasteiger partial charge in [0.15, 0.2) is 5.60 Å². The third-order valence-electron chi connectivity index (χ3n) is 5.38. The summed E-state index contributed by atoms with van der Waals surface area (Å²) < 4.78 is 44.4. The van der Waals surface area contributed by atoms with Gasteiger partial charge in [-0.2, -0.15) is 13.2 Å². The van der Waals surface area contributed by atoms with Gasteiger partial charge in [-0.15, -0.1) is 11.8 Å². The fourth-order valence-electron chi connectivity index (χ4n) is 3.65. The average molecular weight is 472 g/mol. The first kappa shape index (κ1) is 22.9. The zero-order chi connectivity index (χ0) is 23.6. The van der Waals surface area contributed by atoms with Gasteiger partial charge in [0.25, 0.3) is 5.69 Å². The van der Waals surface area contributed by atoms with Crippen molar-refractivity contribution in [2.75, 3.05) is 5.75 Å². The SMILES string of the molecule is O=[N+]([O-])c1ccc2c(C(O)(CSc3ccccc3)C(F)(F)F)cn(Cc3ccccc3)c2c1. The van der Waals surface area contributed by atoms with E-state index in [2.05, 4.69) is 0 Å². The number of nitrogens with zero attached hydrogens (tertiary/aromatic N) is 2. The van der Waals surface area contributed by atoms with Crippen molar-refractivity contribution in [3.63, 3.8) is 0 Å². The first-order chi connectivity index (χ1) is 15.7. The molecule has 0 radical (unpaired) electrons. The van der Waals surface area contributed by atoms with E-state index < -0.39 is 22.5 Å². The zero-order valence-electron chi connectivity index (χ0n) is 17.2. The molecule has 0 bridgehead atoms. The number of aromatic nitrogens is 1. The molecule has 0 saturated heterocycles. The van der Waals surface area contributed by atoms with Crippen LogP contribution in [0.25, 0.3) is 10.9 Å². The van der Waals surface area contributed by atoms with Gasteiger partial charge in [0.1, 0.15) is 0 Å². The van der Waals surface area contributed by atoms with Crippen LogP contribution in [0.15, 0.2) is 90.0 Å². The van der Waals surface area contributed by atoms with Gasteiger partial charge in [0, 0.05) is 46.5 Å². The number of hydrogen-bond donors (Lipinski definition) is 1. The molecule has 0 fully saturated rings. The predicted molar refractivity (Wildman–Crippen MR) is 121 cm³/mol. The van der Waals surface area contributed by atoms with Crippen molar-refractivity contribution in [2.24, 2.45) is 0 Å². The molecule has 0 saturated carbocycles. The maximum Gasteiger partial charge on any atom is 0.422 e. The lowest BCUT2D eigenvalue weighted by molar-refractivity contribution is -0.384. The molecule has 1 heterocycles. The largest absolute Gasteiger partial charge is 0.422 e. The van der Waals surface area contributed by atoms with Crippen molar-refractivity contribution >= 4 is 28.4 Å². The number of nitro benzene ring substituents is 1. The molecule has 3 aromatic carbocycles. The Bertz CT molecular complexity index is 1280. The average Bonchev–Trinajstić information content (AvgIpc) is 3.16. The van der Waals surface area contributed by atoms with Crippen LogP contribution < -0.4 is 0 Å². The monoisotopic (exact) mass is 472 g/mol. The highest BCUT2D eigenvalue weighted by Crippen LogP contribution is 2.46. The lowest BCUT2D eigenvalue weighted by Crippen LogP contribution is -2.44. The van der Waals surface area contributed by atoms with Crippen LogP contribution in [-0.2, 0) is 12.1 Å². The minimum atomic E-state index is -4.97. The molecule has 0 aliphatic heterocycles. The topological polar surface area (TPSA) is 68.3 Å². The summed E-state index contributed by atoms with van der Waals surface area (Å²) in [4.78, 5) is 11.3. The van der Waals surface area contributed by atoms with Gasteiger partial charge in [-0.1, -0.05) is 48.5 Å². The van der Waals surface area contributed by atoms with Crippen LogP contribution in [0.5, 0.6) is 0 Å². The second-order valence-electron chi connectivity index (χ2n) is 7.57. The molecule has 1 atom stereocenters. The molecule has 0 aliphatic rings. The van der Waals surface area contributed by atoms with Crippen LogP contribution in [0.3, 0.4) is 0 Å². The molecule has 33 heavy (non-hydrogen) atoms. The normalized spacial score (nSPS) is 13.7. The number of hydrogen-bond acceptors (Lipinski definition) is 4. The molecule has 170 valence electrons. The Morgan fingerprint density at radius 3 is 2.21 bits per heavy atom. The van der Waals surface area contributed by atoms with E-state index in [0.717, 1.165) is 23.4 Å². The van der Waals surface area contributed by atoms with Crippen molar-refractivity contribution in [2.45, 2.75) is 23.2 Å². The molecule has 1 aromatic heterocycles. The number of nitro groups is 1. The first-order valence-corrected chi connectivity index (χ1v) is 11.0. The second-order valence-corrected chi connectivity index (χ2v) is 8.62. The quantitative estimate of drug-likeness (QED) is 0.199. The summed E-state index contributed by atoms with van der Waals surface area (Å²) in [5.41, 5.74) is -2.68. The summed E-state index contributed by atoms with van der Waals surface area (Å²) >= 11 is 0.891. The molecule has 4 aromatic rings. The van der Waals surface area contributed by atoms with Crippen LogP contribution in [0.1, 0.15) is 11.1 Å². The van der Waals surface area contributed by atoms with Crippen molar-refractivity contribution < 1.29 is 23.2 Å². The molecule has 0 amide bonds. The van der Waals surface area contributed by atoms with Gasteiger partial charge in [-0.3, -0.25) is 10.1 Å². The Labute approximate surface area is 191 Å². The van der Waals surface area contributed by atoms with E-state index in [1.807, 2.05) is 18.2 Å². The van der Waals surface area contributed by atoms with Gasteiger partial charge < -0.3 is 9.67 Å². The summed E-state index contributed by atoms with van der Waals surface area (Å²) in [6, 6.07) is 21.2. The molecule has 4 rings (SSSR count). The minimum absolute atomic E-state index is 0.116. The third kappa shape index (κ3) is 4.60. The molecule has 5 nitrogen and oxygen atoms in total. The Morgan fingerprint density at radius 2 is 1.61 bits per heavy atom. The third-order valence-corrected chi connectivity index (χ3v) is 6.55. The van der Waals surface area contributed by atoms with Crippen molar-refractivity contribution in [3.8, 4) is 0 Å².